The van der Waals surface area contributed by atoms with Gasteiger partial charge in [-0.15, -0.1) is 0 Å². The summed E-state index contributed by atoms with van der Waals surface area (Å²) in [7, 11) is 0. The van der Waals surface area contributed by atoms with Crippen LogP contribution in [0, 0.1) is 0 Å². The van der Waals surface area contributed by atoms with Crippen molar-refractivity contribution in [2.24, 2.45) is 0 Å². The Hall–Kier alpha value is -1.85. The van der Waals surface area contributed by atoms with Crippen molar-refractivity contribution in [1.82, 2.24) is 0 Å². The molecule has 1 unspecified atom stereocenters. The second kappa shape index (κ2) is 5.66. The lowest BCUT2D eigenvalue weighted by Crippen LogP contribution is -2.15. The first kappa shape index (κ1) is 14.2. The lowest BCUT2D eigenvalue weighted by atomic mass is 9.98. The van der Waals surface area contributed by atoms with Crippen molar-refractivity contribution in [3.8, 4) is 11.5 Å². The van der Waals surface area contributed by atoms with Crippen molar-refractivity contribution in [1.29, 1.82) is 0 Å². The van der Waals surface area contributed by atoms with Crippen molar-refractivity contribution < 1.29 is 25.2 Å². The standard InChI is InChI=1S/C13H16O5/c1-7(2)12(18-17)6-10-11(15)5-4-9(8(3)14)13(10)16/h4-5,12,15-17H,1,6H2,2-3H3. The van der Waals surface area contributed by atoms with E-state index in [2.05, 4.69) is 11.5 Å². The van der Waals surface area contributed by atoms with Crippen molar-refractivity contribution in [2.75, 3.05) is 0 Å². The van der Waals surface area contributed by atoms with Gasteiger partial charge in [-0.2, -0.15) is 0 Å². The van der Waals surface area contributed by atoms with Crippen LogP contribution >= 0.6 is 0 Å². The van der Waals surface area contributed by atoms with E-state index < -0.39 is 6.10 Å². The molecule has 1 aromatic carbocycles. The van der Waals surface area contributed by atoms with Gasteiger partial charge in [-0.3, -0.25) is 10.1 Å². The average molecular weight is 252 g/mol. The first-order valence-electron chi connectivity index (χ1n) is 5.38. The van der Waals surface area contributed by atoms with Crippen LogP contribution in [-0.2, 0) is 11.3 Å². The summed E-state index contributed by atoms with van der Waals surface area (Å²) in [6.45, 7) is 6.58. The Morgan fingerprint density at radius 3 is 2.44 bits per heavy atom. The number of benzene rings is 1. The molecule has 0 bridgehead atoms. The average Bonchev–Trinajstić information content (AvgIpc) is 2.28. The number of phenolic OH excluding ortho intramolecular Hbond substituents is 2. The molecule has 5 heteroatoms. The minimum absolute atomic E-state index is 0.0185. The van der Waals surface area contributed by atoms with Crippen LogP contribution in [0.15, 0.2) is 24.3 Å². The lowest BCUT2D eigenvalue weighted by molar-refractivity contribution is -0.268. The van der Waals surface area contributed by atoms with E-state index in [0.29, 0.717) is 5.57 Å². The van der Waals surface area contributed by atoms with Crippen LogP contribution in [0.1, 0.15) is 29.8 Å². The van der Waals surface area contributed by atoms with Gasteiger partial charge >= 0.3 is 0 Å². The topological polar surface area (TPSA) is 87.0 Å². The zero-order valence-corrected chi connectivity index (χ0v) is 10.3. The third-order valence-electron chi connectivity index (χ3n) is 2.70. The van der Waals surface area contributed by atoms with Gasteiger partial charge in [0.2, 0.25) is 0 Å². The molecule has 1 aromatic rings. The Balaban J connectivity index is 3.19. The Kier molecular flexibility index (Phi) is 4.47. The normalized spacial score (nSPS) is 12.2. The smallest absolute Gasteiger partial charge is 0.163 e. The van der Waals surface area contributed by atoms with Crippen LogP contribution in [0.4, 0.5) is 0 Å². The molecule has 0 aliphatic heterocycles. The van der Waals surface area contributed by atoms with Crippen LogP contribution < -0.4 is 0 Å². The Morgan fingerprint density at radius 2 is 2.00 bits per heavy atom. The Morgan fingerprint density at radius 1 is 1.39 bits per heavy atom. The summed E-state index contributed by atoms with van der Waals surface area (Å²) in [4.78, 5) is 15.5. The number of hydrogen-bond donors (Lipinski definition) is 3. The summed E-state index contributed by atoms with van der Waals surface area (Å²) < 4.78 is 0. The molecule has 0 aliphatic rings. The summed E-state index contributed by atoms with van der Waals surface area (Å²) in [5, 5.41) is 28.3. The number of Topliss-reactive ketones (excluding diaryl/α,β-unsaturated/α-hetero) is 1. The first-order chi connectivity index (χ1) is 8.38. The summed E-state index contributed by atoms with van der Waals surface area (Å²) in [6, 6.07) is 2.66. The minimum Gasteiger partial charge on any atom is -0.508 e. The van der Waals surface area contributed by atoms with E-state index in [9.17, 15) is 15.0 Å². The molecular weight excluding hydrogens is 236 g/mol. The number of ketones is 1. The van der Waals surface area contributed by atoms with E-state index >= 15 is 0 Å². The predicted molar refractivity (Wildman–Crippen MR) is 65.8 cm³/mol. The van der Waals surface area contributed by atoms with Gasteiger partial charge in [-0.25, -0.2) is 4.89 Å². The highest BCUT2D eigenvalue weighted by Gasteiger charge is 2.20. The molecule has 5 nitrogen and oxygen atoms in total. The van der Waals surface area contributed by atoms with E-state index in [1.807, 2.05) is 0 Å². The molecular formula is C13H16O5. The fourth-order valence-corrected chi connectivity index (χ4v) is 1.60. The van der Waals surface area contributed by atoms with Crippen LogP contribution in [0.2, 0.25) is 0 Å². The summed E-state index contributed by atoms with van der Waals surface area (Å²) in [5.74, 6) is -0.780. The molecule has 18 heavy (non-hydrogen) atoms. The fraction of sp³-hybridized carbons (Fsp3) is 0.308. The third kappa shape index (κ3) is 2.88. The second-order valence-corrected chi connectivity index (χ2v) is 4.16. The SMILES string of the molecule is C=C(C)C(Cc1c(O)ccc(C(C)=O)c1O)OO. The maximum absolute atomic E-state index is 11.3. The highest BCUT2D eigenvalue weighted by atomic mass is 17.1. The summed E-state index contributed by atoms with van der Waals surface area (Å²) in [6.07, 6.45) is -0.742. The molecule has 0 heterocycles. The summed E-state index contributed by atoms with van der Waals surface area (Å²) in [5.41, 5.74) is 0.787. The number of carbonyl (C=O) groups is 1. The molecule has 0 saturated heterocycles. The molecule has 1 rings (SSSR count). The maximum atomic E-state index is 11.3. The molecule has 0 aliphatic carbocycles. The van der Waals surface area contributed by atoms with Gasteiger partial charge in [0.1, 0.15) is 17.6 Å². The largest absolute Gasteiger partial charge is 0.508 e. The summed E-state index contributed by atoms with van der Waals surface area (Å²) >= 11 is 0. The number of aromatic hydroxyl groups is 2. The maximum Gasteiger partial charge on any atom is 0.163 e. The minimum atomic E-state index is -0.760. The van der Waals surface area contributed by atoms with Gasteiger partial charge in [0.25, 0.3) is 0 Å². The second-order valence-electron chi connectivity index (χ2n) is 4.16. The van der Waals surface area contributed by atoms with E-state index in [1.54, 1.807) is 6.92 Å². The van der Waals surface area contributed by atoms with Gasteiger partial charge < -0.3 is 10.2 Å². The molecule has 3 N–H and O–H groups in total. The van der Waals surface area contributed by atoms with Crippen LogP contribution in [-0.4, -0.2) is 27.4 Å². The van der Waals surface area contributed by atoms with Gasteiger partial charge in [-0.1, -0.05) is 6.58 Å². The monoisotopic (exact) mass is 252 g/mol. The third-order valence-corrected chi connectivity index (χ3v) is 2.70. The number of rotatable bonds is 5. The molecule has 0 fully saturated rings. The highest BCUT2D eigenvalue weighted by Crippen LogP contribution is 2.33. The van der Waals surface area contributed by atoms with Crippen molar-refractivity contribution in [2.45, 2.75) is 26.4 Å². The van der Waals surface area contributed by atoms with E-state index in [4.69, 9.17) is 5.26 Å². The molecule has 0 amide bonds. The van der Waals surface area contributed by atoms with Crippen LogP contribution in [0.25, 0.3) is 0 Å². The highest BCUT2D eigenvalue weighted by molar-refractivity contribution is 5.97. The molecule has 0 spiro atoms. The van der Waals surface area contributed by atoms with Crippen LogP contribution in [0.3, 0.4) is 0 Å². The van der Waals surface area contributed by atoms with Crippen molar-refractivity contribution >= 4 is 5.78 Å². The van der Waals surface area contributed by atoms with E-state index in [-0.39, 0.29) is 34.8 Å². The zero-order valence-electron chi connectivity index (χ0n) is 10.3. The first-order valence-corrected chi connectivity index (χ1v) is 5.38. The Labute approximate surface area is 105 Å². The Bertz CT molecular complexity index is 479. The number of phenols is 2. The zero-order chi connectivity index (χ0) is 13.9. The fourth-order valence-electron chi connectivity index (χ4n) is 1.60. The molecule has 98 valence electrons. The van der Waals surface area contributed by atoms with Gasteiger partial charge in [0, 0.05) is 12.0 Å². The number of carbonyl (C=O) groups excluding carboxylic acids is 1. The number of hydrogen-bond acceptors (Lipinski definition) is 5. The van der Waals surface area contributed by atoms with Crippen molar-refractivity contribution in [3.63, 3.8) is 0 Å². The van der Waals surface area contributed by atoms with Crippen LogP contribution in [0.5, 0.6) is 11.5 Å². The van der Waals surface area contributed by atoms with Gasteiger partial charge in [0.15, 0.2) is 5.78 Å². The lowest BCUT2D eigenvalue weighted by Gasteiger charge is -2.16. The molecule has 0 aromatic heterocycles. The van der Waals surface area contributed by atoms with Gasteiger partial charge in [-0.05, 0) is 31.6 Å². The van der Waals surface area contributed by atoms with E-state index in [1.165, 1.54) is 19.1 Å². The predicted octanol–water partition coefficient (Wildman–Crippen LogP) is 2.28. The van der Waals surface area contributed by atoms with Crippen molar-refractivity contribution in [3.05, 3.63) is 35.4 Å². The molecule has 0 radical (unpaired) electrons. The van der Waals surface area contributed by atoms with E-state index in [0.717, 1.165) is 0 Å². The van der Waals surface area contributed by atoms with Gasteiger partial charge in [0.05, 0.1) is 5.56 Å². The quantitative estimate of drug-likeness (QED) is 0.324. The molecule has 0 saturated carbocycles. The molecule has 1 atom stereocenters.